The standard InChI is InChI=1S/C16H16N2S/c17-15(6-5-12-8-10-19-11-12)13-7-9-18-16-4-2-1-3-14(13)16/h1-4,7-11,15H,5-6,17H2. The fourth-order valence-corrected chi connectivity index (χ4v) is 3.06. The predicted octanol–water partition coefficient (Wildman–Crippen LogP) is 3.93. The van der Waals surface area contributed by atoms with Crippen molar-refractivity contribution in [2.75, 3.05) is 0 Å². The van der Waals surface area contributed by atoms with E-state index in [1.165, 1.54) is 16.5 Å². The van der Waals surface area contributed by atoms with Gasteiger partial charge in [0.05, 0.1) is 5.52 Å². The number of pyridine rings is 1. The summed E-state index contributed by atoms with van der Waals surface area (Å²) in [7, 11) is 0. The van der Waals surface area contributed by atoms with Crippen LogP contribution in [0.1, 0.15) is 23.6 Å². The molecular formula is C16H16N2S. The summed E-state index contributed by atoms with van der Waals surface area (Å²) in [5.74, 6) is 0. The highest BCUT2D eigenvalue weighted by Gasteiger charge is 2.10. The molecule has 0 amide bonds. The fourth-order valence-electron chi connectivity index (χ4n) is 2.35. The zero-order chi connectivity index (χ0) is 13.1. The Labute approximate surface area is 116 Å². The van der Waals surface area contributed by atoms with Gasteiger partial charge in [0.2, 0.25) is 0 Å². The molecule has 3 heteroatoms. The first-order chi connectivity index (χ1) is 9.34. The monoisotopic (exact) mass is 268 g/mol. The topological polar surface area (TPSA) is 38.9 Å². The summed E-state index contributed by atoms with van der Waals surface area (Å²) < 4.78 is 0. The van der Waals surface area contributed by atoms with Crippen LogP contribution in [0.25, 0.3) is 10.9 Å². The van der Waals surface area contributed by atoms with Crippen molar-refractivity contribution in [1.82, 2.24) is 4.98 Å². The lowest BCUT2D eigenvalue weighted by atomic mass is 9.98. The van der Waals surface area contributed by atoms with Crippen molar-refractivity contribution in [2.24, 2.45) is 5.73 Å². The maximum absolute atomic E-state index is 6.35. The van der Waals surface area contributed by atoms with E-state index in [4.69, 9.17) is 5.73 Å². The summed E-state index contributed by atoms with van der Waals surface area (Å²) in [5.41, 5.74) is 9.94. The second kappa shape index (κ2) is 5.51. The van der Waals surface area contributed by atoms with Crippen LogP contribution in [0.5, 0.6) is 0 Å². The molecular weight excluding hydrogens is 252 g/mol. The highest BCUT2D eigenvalue weighted by Crippen LogP contribution is 2.24. The fraction of sp³-hybridized carbons (Fsp3) is 0.188. The molecule has 1 aromatic carbocycles. The molecule has 1 unspecified atom stereocenters. The van der Waals surface area contributed by atoms with E-state index in [9.17, 15) is 0 Å². The summed E-state index contributed by atoms with van der Waals surface area (Å²) in [5, 5.41) is 5.47. The Balaban J connectivity index is 1.83. The van der Waals surface area contributed by atoms with Crippen LogP contribution >= 0.6 is 11.3 Å². The highest BCUT2D eigenvalue weighted by atomic mass is 32.1. The van der Waals surface area contributed by atoms with Gasteiger partial charge in [-0.05, 0) is 52.9 Å². The van der Waals surface area contributed by atoms with Crippen molar-refractivity contribution in [2.45, 2.75) is 18.9 Å². The zero-order valence-corrected chi connectivity index (χ0v) is 11.4. The first kappa shape index (κ1) is 12.3. The van der Waals surface area contributed by atoms with E-state index in [0.717, 1.165) is 18.4 Å². The Kier molecular flexibility index (Phi) is 3.58. The van der Waals surface area contributed by atoms with Crippen LogP contribution in [0.3, 0.4) is 0 Å². The third-order valence-electron chi connectivity index (χ3n) is 3.41. The second-order valence-corrected chi connectivity index (χ2v) is 5.47. The molecule has 0 aliphatic heterocycles. The Morgan fingerprint density at radius 3 is 2.89 bits per heavy atom. The predicted molar refractivity (Wildman–Crippen MR) is 81.3 cm³/mol. The van der Waals surface area contributed by atoms with Crippen LogP contribution in [0.2, 0.25) is 0 Å². The molecule has 0 spiro atoms. The SMILES string of the molecule is NC(CCc1ccsc1)c1ccnc2ccccc12. The smallest absolute Gasteiger partial charge is 0.0705 e. The molecule has 2 N–H and O–H groups in total. The number of para-hydroxylation sites is 1. The van der Waals surface area contributed by atoms with Gasteiger partial charge in [0.1, 0.15) is 0 Å². The first-order valence-corrected chi connectivity index (χ1v) is 7.39. The number of aryl methyl sites for hydroxylation is 1. The molecule has 0 radical (unpaired) electrons. The summed E-state index contributed by atoms with van der Waals surface area (Å²) in [6.07, 6.45) is 3.84. The van der Waals surface area contributed by atoms with Crippen LogP contribution in [0, 0.1) is 0 Å². The molecule has 96 valence electrons. The van der Waals surface area contributed by atoms with Gasteiger partial charge in [-0.1, -0.05) is 18.2 Å². The Morgan fingerprint density at radius 2 is 2.05 bits per heavy atom. The number of rotatable bonds is 4. The number of fused-ring (bicyclic) bond motifs is 1. The molecule has 0 aliphatic rings. The van der Waals surface area contributed by atoms with Crippen molar-refractivity contribution in [1.29, 1.82) is 0 Å². The van der Waals surface area contributed by atoms with E-state index in [-0.39, 0.29) is 6.04 Å². The average Bonchev–Trinajstić information content (AvgIpc) is 2.97. The average molecular weight is 268 g/mol. The van der Waals surface area contributed by atoms with Crippen molar-refractivity contribution in [3.8, 4) is 0 Å². The van der Waals surface area contributed by atoms with Gasteiger partial charge in [0.25, 0.3) is 0 Å². The third-order valence-corrected chi connectivity index (χ3v) is 4.14. The van der Waals surface area contributed by atoms with Gasteiger partial charge in [0, 0.05) is 17.6 Å². The van der Waals surface area contributed by atoms with Crippen molar-refractivity contribution in [3.05, 3.63) is 64.5 Å². The Morgan fingerprint density at radius 1 is 1.16 bits per heavy atom. The molecule has 0 bridgehead atoms. The van der Waals surface area contributed by atoms with Gasteiger partial charge in [-0.25, -0.2) is 0 Å². The van der Waals surface area contributed by atoms with Crippen molar-refractivity contribution < 1.29 is 0 Å². The maximum atomic E-state index is 6.35. The number of nitrogens with zero attached hydrogens (tertiary/aromatic N) is 1. The van der Waals surface area contributed by atoms with E-state index in [1.807, 2.05) is 30.5 Å². The van der Waals surface area contributed by atoms with Crippen LogP contribution in [0.4, 0.5) is 0 Å². The van der Waals surface area contributed by atoms with Gasteiger partial charge in [-0.3, -0.25) is 4.98 Å². The van der Waals surface area contributed by atoms with Gasteiger partial charge < -0.3 is 5.73 Å². The molecule has 3 rings (SSSR count). The molecule has 0 saturated carbocycles. The second-order valence-electron chi connectivity index (χ2n) is 4.69. The molecule has 0 saturated heterocycles. The minimum Gasteiger partial charge on any atom is -0.324 e. The van der Waals surface area contributed by atoms with E-state index >= 15 is 0 Å². The molecule has 19 heavy (non-hydrogen) atoms. The number of hydrogen-bond donors (Lipinski definition) is 1. The summed E-state index contributed by atoms with van der Waals surface area (Å²) in [6, 6.07) is 12.5. The number of nitrogens with two attached hydrogens (primary N) is 1. The molecule has 0 aliphatic carbocycles. The number of benzene rings is 1. The Hall–Kier alpha value is -1.71. The van der Waals surface area contributed by atoms with E-state index in [0.29, 0.717) is 0 Å². The lowest BCUT2D eigenvalue weighted by Gasteiger charge is -2.14. The minimum atomic E-state index is 0.0628. The normalized spacial score (nSPS) is 12.7. The third kappa shape index (κ3) is 2.67. The summed E-state index contributed by atoms with van der Waals surface area (Å²) in [6.45, 7) is 0. The number of hydrogen-bond acceptors (Lipinski definition) is 3. The highest BCUT2D eigenvalue weighted by molar-refractivity contribution is 7.07. The largest absolute Gasteiger partial charge is 0.324 e. The van der Waals surface area contributed by atoms with Crippen molar-refractivity contribution in [3.63, 3.8) is 0 Å². The van der Waals surface area contributed by atoms with E-state index in [1.54, 1.807) is 11.3 Å². The van der Waals surface area contributed by atoms with E-state index < -0.39 is 0 Å². The molecule has 1 atom stereocenters. The first-order valence-electron chi connectivity index (χ1n) is 6.45. The van der Waals surface area contributed by atoms with Crippen molar-refractivity contribution >= 4 is 22.2 Å². The van der Waals surface area contributed by atoms with Crippen LogP contribution < -0.4 is 5.73 Å². The van der Waals surface area contributed by atoms with Crippen LogP contribution in [0.15, 0.2) is 53.4 Å². The number of thiophene rings is 1. The molecule has 3 aromatic rings. The molecule has 2 nitrogen and oxygen atoms in total. The Bertz CT molecular complexity index is 656. The van der Waals surface area contributed by atoms with Gasteiger partial charge >= 0.3 is 0 Å². The maximum Gasteiger partial charge on any atom is 0.0705 e. The van der Waals surface area contributed by atoms with Crippen LogP contribution in [-0.2, 0) is 6.42 Å². The zero-order valence-electron chi connectivity index (χ0n) is 10.6. The minimum absolute atomic E-state index is 0.0628. The van der Waals surface area contributed by atoms with Gasteiger partial charge in [-0.15, -0.1) is 0 Å². The molecule has 2 aromatic heterocycles. The molecule has 2 heterocycles. The lowest BCUT2D eigenvalue weighted by Crippen LogP contribution is -2.12. The summed E-state index contributed by atoms with van der Waals surface area (Å²) in [4.78, 5) is 4.38. The molecule has 0 fully saturated rings. The van der Waals surface area contributed by atoms with Crippen LogP contribution in [-0.4, -0.2) is 4.98 Å². The summed E-state index contributed by atoms with van der Waals surface area (Å²) >= 11 is 1.74. The number of aromatic nitrogens is 1. The van der Waals surface area contributed by atoms with Gasteiger partial charge in [0.15, 0.2) is 0 Å². The quantitative estimate of drug-likeness (QED) is 0.778. The van der Waals surface area contributed by atoms with E-state index in [2.05, 4.69) is 27.9 Å². The van der Waals surface area contributed by atoms with Gasteiger partial charge in [-0.2, -0.15) is 11.3 Å². The lowest BCUT2D eigenvalue weighted by molar-refractivity contribution is 0.656.